The van der Waals surface area contributed by atoms with Crippen LogP contribution in [0.3, 0.4) is 0 Å². The predicted molar refractivity (Wildman–Crippen MR) is 88.6 cm³/mol. The van der Waals surface area contributed by atoms with Gasteiger partial charge in [-0.1, -0.05) is 6.07 Å². The quantitative estimate of drug-likeness (QED) is 0.738. The van der Waals surface area contributed by atoms with Crippen LogP contribution in [0, 0.1) is 11.2 Å². The van der Waals surface area contributed by atoms with E-state index in [0.717, 1.165) is 24.9 Å². The maximum absolute atomic E-state index is 13.5. The summed E-state index contributed by atoms with van der Waals surface area (Å²) in [4.78, 5) is 14.0. The topological polar surface area (TPSA) is 59.0 Å². The molecule has 1 aliphatic heterocycles. The summed E-state index contributed by atoms with van der Waals surface area (Å²) in [5.74, 6) is -0.909. The summed E-state index contributed by atoms with van der Waals surface area (Å²) in [6.07, 6.45) is 2.88. The zero-order valence-electron chi connectivity index (χ0n) is 14.4. The third-order valence-corrected chi connectivity index (χ3v) is 4.74. The molecule has 0 saturated carbocycles. The Morgan fingerprint density at radius 1 is 1.42 bits per heavy atom. The average Bonchev–Trinajstić information content (AvgIpc) is 2.57. The van der Waals surface area contributed by atoms with E-state index in [-0.39, 0.29) is 11.6 Å². The van der Waals surface area contributed by atoms with Crippen molar-refractivity contribution in [3.63, 3.8) is 0 Å². The number of likely N-dealkylation sites (tertiary alicyclic amines) is 1. The van der Waals surface area contributed by atoms with E-state index in [1.807, 2.05) is 0 Å². The zero-order valence-corrected chi connectivity index (χ0v) is 14.4. The standard InChI is InChI=1S/C18H26FNO4/c1-23-10-4-8-18(17(21)22)7-3-9-20(13-18)12-14-5-6-15(19)16(11-14)24-2/h5-6,11H,3-4,7-10,12-13H2,1-2H3,(H,21,22)/t18-/m1/s1. The van der Waals surface area contributed by atoms with Gasteiger partial charge in [0.1, 0.15) is 0 Å². The predicted octanol–water partition coefficient (Wildman–Crippen LogP) is 2.93. The van der Waals surface area contributed by atoms with E-state index in [1.165, 1.54) is 13.2 Å². The molecule has 0 bridgehead atoms. The van der Waals surface area contributed by atoms with Gasteiger partial charge in [0.25, 0.3) is 0 Å². The molecule has 1 aromatic rings. The summed E-state index contributed by atoms with van der Waals surface area (Å²) in [6, 6.07) is 4.79. The molecule has 1 heterocycles. The molecule has 0 aromatic heterocycles. The number of methoxy groups -OCH3 is 2. The molecular formula is C18H26FNO4. The van der Waals surface area contributed by atoms with E-state index >= 15 is 0 Å². The third-order valence-electron chi connectivity index (χ3n) is 4.74. The van der Waals surface area contributed by atoms with Crippen LogP contribution in [-0.2, 0) is 16.1 Å². The number of rotatable bonds is 8. The maximum Gasteiger partial charge on any atom is 0.310 e. The number of aliphatic carboxylic acids is 1. The lowest BCUT2D eigenvalue weighted by molar-refractivity contribution is -0.153. The van der Waals surface area contributed by atoms with Crippen molar-refractivity contribution >= 4 is 5.97 Å². The Hall–Kier alpha value is -1.66. The van der Waals surface area contributed by atoms with Crippen molar-refractivity contribution < 1.29 is 23.8 Å². The Balaban J connectivity index is 2.07. The van der Waals surface area contributed by atoms with Crippen molar-refractivity contribution in [2.45, 2.75) is 32.2 Å². The molecule has 0 radical (unpaired) electrons. The van der Waals surface area contributed by atoms with Crippen molar-refractivity contribution in [3.8, 4) is 5.75 Å². The molecule has 0 aliphatic carbocycles. The SMILES string of the molecule is COCCC[C@]1(C(=O)O)CCCN(Cc2ccc(F)c(OC)c2)C1. The molecule has 1 saturated heterocycles. The number of halogens is 1. The van der Waals surface area contributed by atoms with Gasteiger partial charge in [-0.15, -0.1) is 0 Å². The Labute approximate surface area is 142 Å². The summed E-state index contributed by atoms with van der Waals surface area (Å²) in [6.45, 7) is 2.52. The summed E-state index contributed by atoms with van der Waals surface area (Å²) < 4.78 is 23.6. The number of carboxylic acid groups (broad SMARTS) is 1. The fourth-order valence-corrected chi connectivity index (χ4v) is 3.46. The van der Waals surface area contributed by atoms with E-state index in [0.29, 0.717) is 32.5 Å². The smallest absolute Gasteiger partial charge is 0.310 e. The first-order valence-electron chi connectivity index (χ1n) is 8.28. The number of carboxylic acids is 1. The lowest BCUT2D eigenvalue weighted by atomic mass is 9.76. The number of ether oxygens (including phenoxy) is 2. The second-order valence-electron chi connectivity index (χ2n) is 6.46. The molecule has 5 nitrogen and oxygen atoms in total. The third kappa shape index (κ3) is 4.45. The monoisotopic (exact) mass is 339 g/mol. The lowest BCUT2D eigenvalue weighted by Crippen LogP contribution is -2.47. The minimum absolute atomic E-state index is 0.217. The number of carbonyl (C=O) groups is 1. The van der Waals surface area contributed by atoms with Crippen LogP contribution >= 0.6 is 0 Å². The molecular weight excluding hydrogens is 313 g/mol. The first-order chi connectivity index (χ1) is 11.5. The van der Waals surface area contributed by atoms with E-state index < -0.39 is 11.4 Å². The van der Waals surface area contributed by atoms with Crippen LogP contribution < -0.4 is 4.74 Å². The van der Waals surface area contributed by atoms with Crippen LogP contribution in [0.1, 0.15) is 31.2 Å². The maximum atomic E-state index is 13.5. The summed E-state index contributed by atoms with van der Waals surface area (Å²) in [5.41, 5.74) is 0.201. The van der Waals surface area contributed by atoms with Crippen LogP contribution in [0.2, 0.25) is 0 Å². The first kappa shape index (κ1) is 18.7. The Morgan fingerprint density at radius 2 is 2.21 bits per heavy atom. The number of piperidine rings is 1. The van der Waals surface area contributed by atoms with Gasteiger partial charge in [-0.2, -0.15) is 0 Å². The fourth-order valence-electron chi connectivity index (χ4n) is 3.46. The van der Waals surface area contributed by atoms with E-state index in [4.69, 9.17) is 9.47 Å². The van der Waals surface area contributed by atoms with Gasteiger partial charge >= 0.3 is 5.97 Å². The highest BCUT2D eigenvalue weighted by molar-refractivity contribution is 5.75. The number of benzene rings is 1. The minimum atomic E-state index is -0.736. The van der Waals surface area contributed by atoms with Crippen molar-refractivity contribution in [1.29, 1.82) is 0 Å². The average molecular weight is 339 g/mol. The zero-order chi connectivity index (χ0) is 17.6. The highest BCUT2D eigenvalue weighted by atomic mass is 19.1. The van der Waals surface area contributed by atoms with Gasteiger partial charge in [-0.05, 0) is 49.9 Å². The Kier molecular flexibility index (Phi) is 6.57. The van der Waals surface area contributed by atoms with Crippen molar-refractivity contribution in [3.05, 3.63) is 29.6 Å². The van der Waals surface area contributed by atoms with E-state index in [2.05, 4.69) is 4.90 Å². The minimum Gasteiger partial charge on any atom is -0.494 e. The largest absolute Gasteiger partial charge is 0.494 e. The molecule has 0 amide bonds. The van der Waals surface area contributed by atoms with Gasteiger partial charge in [0.15, 0.2) is 11.6 Å². The molecule has 1 N–H and O–H groups in total. The first-order valence-corrected chi connectivity index (χ1v) is 8.28. The molecule has 1 aromatic carbocycles. The van der Waals surface area contributed by atoms with Crippen LogP contribution in [0.5, 0.6) is 5.75 Å². The summed E-state index contributed by atoms with van der Waals surface area (Å²) in [7, 11) is 3.07. The van der Waals surface area contributed by atoms with Crippen LogP contribution in [0.4, 0.5) is 4.39 Å². The van der Waals surface area contributed by atoms with Gasteiger partial charge in [-0.25, -0.2) is 4.39 Å². The molecule has 1 aliphatic rings. The van der Waals surface area contributed by atoms with Gasteiger partial charge in [0.2, 0.25) is 0 Å². The summed E-state index contributed by atoms with van der Waals surface area (Å²) >= 11 is 0. The molecule has 6 heteroatoms. The highest BCUT2D eigenvalue weighted by Crippen LogP contribution is 2.36. The molecule has 0 spiro atoms. The molecule has 24 heavy (non-hydrogen) atoms. The van der Waals surface area contributed by atoms with Crippen molar-refractivity contribution in [2.24, 2.45) is 5.41 Å². The second kappa shape index (κ2) is 8.44. The molecule has 134 valence electrons. The van der Waals surface area contributed by atoms with Crippen molar-refractivity contribution in [2.75, 3.05) is 33.9 Å². The molecule has 0 unspecified atom stereocenters. The van der Waals surface area contributed by atoms with Crippen molar-refractivity contribution in [1.82, 2.24) is 4.90 Å². The number of nitrogens with zero attached hydrogens (tertiary/aromatic N) is 1. The molecule has 1 fully saturated rings. The normalized spacial score (nSPS) is 21.6. The number of hydrogen-bond donors (Lipinski definition) is 1. The fraction of sp³-hybridized carbons (Fsp3) is 0.611. The van der Waals surface area contributed by atoms with Gasteiger partial charge in [0.05, 0.1) is 12.5 Å². The highest BCUT2D eigenvalue weighted by Gasteiger charge is 2.41. The lowest BCUT2D eigenvalue weighted by Gasteiger charge is -2.40. The molecule has 2 rings (SSSR count). The summed E-state index contributed by atoms with van der Waals surface area (Å²) in [5, 5.41) is 9.75. The van der Waals surface area contributed by atoms with E-state index in [1.54, 1.807) is 19.2 Å². The Bertz CT molecular complexity index is 566. The second-order valence-corrected chi connectivity index (χ2v) is 6.46. The van der Waals surface area contributed by atoms with Gasteiger partial charge < -0.3 is 14.6 Å². The van der Waals surface area contributed by atoms with Gasteiger partial charge in [-0.3, -0.25) is 9.69 Å². The number of hydrogen-bond acceptors (Lipinski definition) is 4. The molecule has 1 atom stereocenters. The van der Waals surface area contributed by atoms with Gasteiger partial charge in [0, 0.05) is 26.8 Å². The Morgan fingerprint density at radius 3 is 2.88 bits per heavy atom. The van der Waals surface area contributed by atoms with Crippen LogP contribution in [0.25, 0.3) is 0 Å². The van der Waals surface area contributed by atoms with E-state index in [9.17, 15) is 14.3 Å². The van der Waals surface area contributed by atoms with Crippen LogP contribution in [0.15, 0.2) is 18.2 Å². The van der Waals surface area contributed by atoms with Crippen LogP contribution in [-0.4, -0.2) is 49.9 Å².